The number of nitrogens with two attached hydrogens (primary N) is 1. The zero-order valence-electron chi connectivity index (χ0n) is 5.20. The van der Waals surface area contributed by atoms with Crippen LogP contribution in [0.15, 0.2) is 12.5 Å². The van der Waals surface area contributed by atoms with Gasteiger partial charge in [0.15, 0.2) is 5.78 Å². The van der Waals surface area contributed by atoms with E-state index >= 15 is 0 Å². The number of carbonyl (C=O) groups excluding carboxylic acids is 1. The maximum atomic E-state index is 10.7. The lowest BCUT2D eigenvalue weighted by atomic mass is 10.3. The summed E-state index contributed by atoms with van der Waals surface area (Å²) in [5, 5.41) is 0. The maximum absolute atomic E-state index is 10.7. The molecule has 0 saturated carbocycles. The average molecular weight is 162 g/mol. The molecule has 3 N–H and O–H groups in total. The standard InChI is InChI=1S/C5H7N3O.ClH/c6-1-5(9)4-2-7-3-8-4;/h2-3H,1,6H2,(H,7,8);1H. The molecule has 5 heteroatoms. The molecule has 0 radical (unpaired) electrons. The summed E-state index contributed by atoms with van der Waals surface area (Å²) in [6.45, 7) is 0.0300. The third-order valence-electron chi connectivity index (χ3n) is 0.984. The lowest BCUT2D eigenvalue weighted by Gasteiger charge is -1.86. The predicted octanol–water partition coefficient (Wildman–Crippen LogP) is -0.0271. The van der Waals surface area contributed by atoms with Gasteiger partial charge >= 0.3 is 0 Å². The van der Waals surface area contributed by atoms with E-state index in [1.165, 1.54) is 12.5 Å². The molecule has 1 aromatic rings. The van der Waals surface area contributed by atoms with Crippen LogP contribution in [0, 0.1) is 0 Å². The summed E-state index contributed by atoms with van der Waals surface area (Å²) in [5.41, 5.74) is 5.54. The molecule has 4 nitrogen and oxygen atoms in total. The van der Waals surface area contributed by atoms with Crippen LogP contribution < -0.4 is 5.73 Å². The fourth-order valence-corrected chi connectivity index (χ4v) is 0.518. The third-order valence-corrected chi connectivity index (χ3v) is 0.984. The van der Waals surface area contributed by atoms with Crippen molar-refractivity contribution in [2.45, 2.75) is 0 Å². The molecule has 10 heavy (non-hydrogen) atoms. The Bertz CT molecular complexity index is 197. The molecule has 0 aromatic carbocycles. The number of aromatic amines is 1. The first kappa shape index (κ1) is 9.13. The molecular formula is C5H8ClN3O. The van der Waals surface area contributed by atoms with Gasteiger partial charge in [0.05, 0.1) is 19.1 Å². The lowest BCUT2D eigenvalue weighted by molar-refractivity contribution is 0.0997. The molecule has 0 spiro atoms. The minimum absolute atomic E-state index is 0. The van der Waals surface area contributed by atoms with Crippen molar-refractivity contribution in [1.82, 2.24) is 9.97 Å². The molecular weight excluding hydrogens is 154 g/mol. The molecule has 0 aliphatic heterocycles. The Morgan fingerprint density at radius 3 is 2.90 bits per heavy atom. The number of H-pyrrole nitrogens is 1. The van der Waals surface area contributed by atoms with E-state index in [0.29, 0.717) is 5.69 Å². The van der Waals surface area contributed by atoms with E-state index in [-0.39, 0.29) is 24.7 Å². The van der Waals surface area contributed by atoms with Gasteiger partial charge in [-0.15, -0.1) is 12.4 Å². The Morgan fingerprint density at radius 2 is 2.50 bits per heavy atom. The molecule has 0 amide bonds. The first-order valence-electron chi connectivity index (χ1n) is 2.56. The molecule has 0 aliphatic rings. The van der Waals surface area contributed by atoms with Crippen LogP contribution in [-0.2, 0) is 0 Å². The Kier molecular flexibility index (Phi) is 3.68. The number of hydrogen-bond acceptors (Lipinski definition) is 3. The number of imidazole rings is 1. The van der Waals surface area contributed by atoms with Gasteiger partial charge in [0.1, 0.15) is 5.69 Å². The topological polar surface area (TPSA) is 71.8 Å². The smallest absolute Gasteiger partial charge is 0.194 e. The normalized spacial score (nSPS) is 8.50. The lowest BCUT2D eigenvalue weighted by Crippen LogP contribution is -2.13. The Balaban J connectivity index is 0.000000810. The molecule has 0 aliphatic carbocycles. The minimum Gasteiger partial charge on any atom is -0.342 e. The second-order valence-electron chi connectivity index (χ2n) is 1.59. The van der Waals surface area contributed by atoms with Crippen LogP contribution in [0.5, 0.6) is 0 Å². The van der Waals surface area contributed by atoms with Gasteiger partial charge in [-0.05, 0) is 0 Å². The highest BCUT2D eigenvalue weighted by Gasteiger charge is 2.01. The quantitative estimate of drug-likeness (QED) is 0.599. The van der Waals surface area contributed by atoms with Crippen LogP contribution >= 0.6 is 12.4 Å². The van der Waals surface area contributed by atoms with Gasteiger partial charge in [-0.25, -0.2) is 4.98 Å². The SMILES string of the molecule is Cl.NCC(=O)c1cnc[nH]1. The second kappa shape index (κ2) is 4.03. The number of aromatic nitrogens is 2. The van der Waals surface area contributed by atoms with Crippen molar-refractivity contribution in [3.8, 4) is 0 Å². The van der Waals surface area contributed by atoms with Crippen molar-refractivity contribution in [2.24, 2.45) is 5.73 Å². The molecule has 56 valence electrons. The highest BCUT2D eigenvalue weighted by Crippen LogP contribution is 1.89. The fraction of sp³-hybridized carbons (Fsp3) is 0.200. The van der Waals surface area contributed by atoms with Gasteiger partial charge in [-0.1, -0.05) is 0 Å². The van der Waals surface area contributed by atoms with Crippen LogP contribution in [0.1, 0.15) is 10.5 Å². The number of hydrogen-bond donors (Lipinski definition) is 2. The summed E-state index contributed by atoms with van der Waals surface area (Å²) < 4.78 is 0. The number of halogens is 1. The molecule has 1 heterocycles. The summed E-state index contributed by atoms with van der Waals surface area (Å²) in [4.78, 5) is 17.0. The fourth-order valence-electron chi connectivity index (χ4n) is 0.518. The molecule has 1 aromatic heterocycles. The third kappa shape index (κ3) is 1.82. The largest absolute Gasteiger partial charge is 0.342 e. The van der Waals surface area contributed by atoms with E-state index in [0.717, 1.165) is 0 Å². The highest BCUT2D eigenvalue weighted by molar-refractivity contribution is 5.95. The maximum Gasteiger partial charge on any atom is 0.194 e. The van der Waals surface area contributed by atoms with Crippen LogP contribution in [0.4, 0.5) is 0 Å². The number of Topliss-reactive ketones (excluding diaryl/α,β-unsaturated/α-hetero) is 1. The number of nitrogens with one attached hydrogen (secondary N) is 1. The molecule has 0 saturated heterocycles. The monoisotopic (exact) mass is 161 g/mol. The summed E-state index contributed by atoms with van der Waals surface area (Å²) in [6, 6.07) is 0. The van der Waals surface area contributed by atoms with Crippen LogP contribution in [-0.4, -0.2) is 22.3 Å². The number of rotatable bonds is 2. The van der Waals surface area contributed by atoms with E-state index in [2.05, 4.69) is 9.97 Å². The molecule has 0 bridgehead atoms. The summed E-state index contributed by atoms with van der Waals surface area (Å²) in [5.74, 6) is -0.118. The highest BCUT2D eigenvalue weighted by atomic mass is 35.5. The van der Waals surface area contributed by atoms with Crippen LogP contribution in [0.2, 0.25) is 0 Å². The summed E-state index contributed by atoms with van der Waals surface area (Å²) in [7, 11) is 0. The molecule has 0 unspecified atom stereocenters. The summed E-state index contributed by atoms with van der Waals surface area (Å²) >= 11 is 0. The van der Waals surface area contributed by atoms with Gasteiger partial charge < -0.3 is 10.7 Å². The van der Waals surface area contributed by atoms with Gasteiger partial charge in [-0.3, -0.25) is 4.79 Å². The van der Waals surface area contributed by atoms with E-state index in [1.807, 2.05) is 0 Å². The van der Waals surface area contributed by atoms with Crippen molar-refractivity contribution in [3.05, 3.63) is 18.2 Å². The molecule has 0 atom stereocenters. The second-order valence-corrected chi connectivity index (χ2v) is 1.59. The van der Waals surface area contributed by atoms with Crippen molar-refractivity contribution in [3.63, 3.8) is 0 Å². The first-order valence-corrected chi connectivity index (χ1v) is 2.56. The van der Waals surface area contributed by atoms with Crippen molar-refractivity contribution >= 4 is 18.2 Å². The number of ketones is 1. The van der Waals surface area contributed by atoms with Crippen LogP contribution in [0.3, 0.4) is 0 Å². The van der Waals surface area contributed by atoms with E-state index < -0.39 is 0 Å². The van der Waals surface area contributed by atoms with Gasteiger partial charge in [0, 0.05) is 0 Å². The summed E-state index contributed by atoms with van der Waals surface area (Å²) in [6.07, 6.45) is 2.90. The van der Waals surface area contributed by atoms with Crippen LogP contribution in [0.25, 0.3) is 0 Å². The van der Waals surface area contributed by atoms with Gasteiger partial charge in [0.25, 0.3) is 0 Å². The predicted molar refractivity (Wildman–Crippen MR) is 39.2 cm³/mol. The molecule has 0 fully saturated rings. The van der Waals surface area contributed by atoms with Crippen molar-refractivity contribution in [2.75, 3.05) is 6.54 Å². The minimum atomic E-state index is -0.118. The number of carbonyl (C=O) groups is 1. The van der Waals surface area contributed by atoms with E-state index in [9.17, 15) is 4.79 Å². The van der Waals surface area contributed by atoms with E-state index in [4.69, 9.17) is 5.73 Å². The molecule has 1 rings (SSSR count). The Morgan fingerprint density at radius 1 is 1.80 bits per heavy atom. The average Bonchev–Trinajstić information content (AvgIpc) is 2.37. The number of nitrogens with zero attached hydrogens (tertiary/aromatic N) is 1. The van der Waals surface area contributed by atoms with E-state index in [1.54, 1.807) is 0 Å². The zero-order chi connectivity index (χ0) is 6.69. The zero-order valence-corrected chi connectivity index (χ0v) is 6.02. The van der Waals surface area contributed by atoms with Gasteiger partial charge in [0.2, 0.25) is 0 Å². The Hall–Kier alpha value is -0.870. The Labute approximate surface area is 64.2 Å². The van der Waals surface area contributed by atoms with Crippen molar-refractivity contribution < 1.29 is 4.79 Å². The van der Waals surface area contributed by atoms with Gasteiger partial charge in [-0.2, -0.15) is 0 Å². The van der Waals surface area contributed by atoms with Crippen molar-refractivity contribution in [1.29, 1.82) is 0 Å². The first-order chi connectivity index (χ1) is 4.34.